The first kappa shape index (κ1) is 17.9. The fourth-order valence-electron chi connectivity index (χ4n) is 2.83. The molecule has 0 bridgehead atoms. The van der Waals surface area contributed by atoms with E-state index in [4.69, 9.17) is 16.7 Å². The lowest BCUT2D eigenvalue weighted by Crippen LogP contribution is -2.44. The van der Waals surface area contributed by atoms with E-state index in [2.05, 4.69) is 10.3 Å². The topological polar surface area (TPSA) is 109 Å². The number of carboxylic acids is 1. The minimum atomic E-state index is -1.22. The third-order valence-corrected chi connectivity index (χ3v) is 4.56. The number of carbonyl (C=O) groups is 3. The predicted molar refractivity (Wildman–Crippen MR) is 92.0 cm³/mol. The van der Waals surface area contributed by atoms with Crippen LogP contribution in [0, 0.1) is 0 Å². The lowest BCUT2D eigenvalue weighted by Gasteiger charge is -2.24. The molecule has 0 aliphatic carbocycles. The van der Waals surface area contributed by atoms with Gasteiger partial charge in [-0.15, -0.1) is 5.10 Å². The van der Waals surface area contributed by atoms with Crippen LogP contribution in [0.2, 0.25) is 5.02 Å². The molecule has 0 spiro atoms. The molecule has 0 saturated carbocycles. The molecule has 1 atom stereocenters. The summed E-state index contributed by atoms with van der Waals surface area (Å²) in [7, 11) is 1.54. The van der Waals surface area contributed by atoms with Crippen molar-refractivity contribution in [1.82, 2.24) is 19.9 Å². The van der Waals surface area contributed by atoms with Crippen molar-refractivity contribution in [2.75, 3.05) is 18.5 Å². The van der Waals surface area contributed by atoms with Crippen LogP contribution < -0.4 is 4.90 Å². The van der Waals surface area contributed by atoms with Gasteiger partial charge in [-0.1, -0.05) is 28.9 Å². The summed E-state index contributed by atoms with van der Waals surface area (Å²) in [5, 5.41) is 16.4. The number of amides is 2. The number of aromatic nitrogens is 3. The molecule has 1 aromatic carbocycles. The van der Waals surface area contributed by atoms with Crippen LogP contribution in [0.3, 0.4) is 0 Å². The first-order chi connectivity index (χ1) is 12.4. The van der Waals surface area contributed by atoms with Gasteiger partial charge in [-0.2, -0.15) is 0 Å². The molecule has 26 heavy (non-hydrogen) atoms. The number of carbonyl (C=O) groups excluding carboxylic acids is 2. The van der Waals surface area contributed by atoms with Crippen molar-refractivity contribution in [2.24, 2.45) is 0 Å². The zero-order valence-corrected chi connectivity index (χ0v) is 14.6. The lowest BCUT2D eigenvalue weighted by molar-refractivity contribution is -0.137. The summed E-state index contributed by atoms with van der Waals surface area (Å²) in [6, 6.07) is 6.43. The summed E-state index contributed by atoms with van der Waals surface area (Å²) in [6.07, 6.45) is 1.64. The molecule has 1 aliphatic heterocycles. The van der Waals surface area contributed by atoms with Gasteiger partial charge in [-0.25, -0.2) is 9.48 Å². The second kappa shape index (κ2) is 7.12. The van der Waals surface area contributed by atoms with E-state index in [0.29, 0.717) is 23.7 Å². The normalized spacial score (nSPS) is 16.8. The average molecular weight is 378 g/mol. The van der Waals surface area contributed by atoms with Crippen LogP contribution in [0.5, 0.6) is 0 Å². The molecule has 2 heterocycles. The average Bonchev–Trinajstić information content (AvgIpc) is 3.22. The monoisotopic (exact) mass is 377 g/mol. The smallest absolute Gasteiger partial charge is 0.358 e. The Balaban J connectivity index is 1.68. The van der Waals surface area contributed by atoms with E-state index in [0.717, 1.165) is 4.68 Å². The maximum absolute atomic E-state index is 12.7. The molecule has 1 aromatic heterocycles. The Labute approximate surface area is 153 Å². The number of anilines is 1. The molecule has 1 N–H and O–H groups in total. The van der Waals surface area contributed by atoms with E-state index in [9.17, 15) is 14.4 Å². The first-order valence-corrected chi connectivity index (χ1v) is 8.21. The predicted octanol–water partition coefficient (Wildman–Crippen LogP) is 0.894. The van der Waals surface area contributed by atoms with Crippen LogP contribution >= 0.6 is 11.6 Å². The summed E-state index contributed by atoms with van der Waals surface area (Å²) in [6.45, 7) is 0.254. The summed E-state index contributed by atoms with van der Waals surface area (Å²) in [5.74, 6) is -1.80. The molecule has 1 aliphatic rings. The SMILES string of the molecule is CN(C(=O)Cn1cc(C(=O)O)nn1)C1CCN(c2ccccc2Cl)C1=O. The molecule has 2 aromatic rings. The highest BCUT2D eigenvalue weighted by molar-refractivity contribution is 6.34. The van der Waals surface area contributed by atoms with Crippen molar-refractivity contribution in [3.8, 4) is 0 Å². The van der Waals surface area contributed by atoms with Crippen LogP contribution in [0.4, 0.5) is 5.69 Å². The Morgan fingerprint density at radius 2 is 2.12 bits per heavy atom. The molecule has 1 unspecified atom stereocenters. The Bertz CT molecular complexity index is 868. The van der Waals surface area contributed by atoms with Crippen molar-refractivity contribution in [3.05, 3.63) is 41.2 Å². The van der Waals surface area contributed by atoms with Crippen molar-refractivity contribution in [3.63, 3.8) is 0 Å². The van der Waals surface area contributed by atoms with Crippen LogP contribution in [-0.4, -0.2) is 62.4 Å². The summed E-state index contributed by atoms with van der Waals surface area (Å²) < 4.78 is 1.13. The molecule has 136 valence electrons. The highest BCUT2D eigenvalue weighted by Gasteiger charge is 2.37. The largest absolute Gasteiger partial charge is 0.476 e. The van der Waals surface area contributed by atoms with Crippen LogP contribution in [0.15, 0.2) is 30.5 Å². The molecule has 1 saturated heterocycles. The summed E-state index contributed by atoms with van der Waals surface area (Å²) in [4.78, 5) is 38.9. The maximum Gasteiger partial charge on any atom is 0.358 e. The van der Waals surface area contributed by atoms with Gasteiger partial charge in [0.2, 0.25) is 11.8 Å². The number of benzene rings is 1. The highest BCUT2D eigenvalue weighted by atomic mass is 35.5. The van der Waals surface area contributed by atoms with Gasteiger partial charge in [0.25, 0.3) is 0 Å². The van der Waals surface area contributed by atoms with Gasteiger partial charge < -0.3 is 14.9 Å². The standard InChI is InChI=1S/C16H16ClN5O4/c1-20(14(23)9-21-8-11(16(25)26)18-19-21)13-6-7-22(15(13)24)12-5-3-2-4-10(12)17/h2-5,8,13H,6-7,9H2,1H3,(H,25,26). The van der Waals surface area contributed by atoms with Crippen molar-refractivity contribution in [2.45, 2.75) is 19.0 Å². The molecule has 0 radical (unpaired) electrons. The third-order valence-electron chi connectivity index (χ3n) is 4.24. The van der Waals surface area contributed by atoms with Gasteiger partial charge in [-0.05, 0) is 18.6 Å². The highest BCUT2D eigenvalue weighted by Crippen LogP contribution is 2.30. The van der Waals surface area contributed by atoms with E-state index >= 15 is 0 Å². The van der Waals surface area contributed by atoms with E-state index < -0.39 is 12.0 Å². The second-order valence-corrected chi connectivity index (χ2v) is 6.26. The van der Waals surface area contributed by atoms with E-state index in [-0.39, 0.29) is 24.1 Å². The van der Waals surface area contributed by atoms with Gasteiger partial charge >= 0.3 is 5.97 Å². The number of likely N-dealkylation sites (N-methyl/N-ethyl adjacent to an activating group) is 1. The van der Waals surface area contributed by atoms with Crippen molar-refractivity contribution < 1.29 is 19.5 Å². The summed E-state index contributed by atoms with van der Waals surface area (Å²) >= 11 is 6.15. The zero-order chi connectivity index (χ0) is 18.8. The van der Waals surface area contributed by atoms with Gasteiger partial charge in [0.05, 0.1) is 16.9 Å². The number of rotatable bonds is 5. The first-order valence-electron chi connectivity index (χ1n) is 7.83. The van der Waals surface area contributed by atoms with Gasteiger partial charge in [0.15, 0.2) is 5.69 Å². The zero-order valence-electron chi connectivity index (χ0n) is 13.9. The molecule has 2 amide bonds. The second-order valence-electron chi connectivity index (χ2n) is 5.86. The fraction of sp³-hybridized carbons (Fsp3) is 0.312. The molecule has 1 fully saturated rings. The quantitative estimate of drug-likeness (QED) is 0.829. The minimum Gasteiger partial charge on any atom is -0.476 e. The number of hydrogen-bond donors (Lipinski definition) is 1. The molecule has 10 heteroatoms. The molecular formula is C16H16ClN5O4. The molecule has 9 nitrogen and oxygen atoms in total. The lowest BCUT2D eigenvalue weighted by atomic mass is 10.2. The summed E-state index contributed by atoms with van der Waals surface area (Å²) in [5.41, 5.74) is 0.368. The number of carboxylic acid groups (broad SMARTS) is 1. The fourth-order valence-corrected chi connectivity index (χ4v) is 3.07. The number of halogens is 1. The van der Waals surface area contributed by atoms with Crippen LogP contribution in [0.25, 0.3) is 0 Å². The van der Waals surface area contributed by atoms with Crippen molar-refractivity contribution >= 4 is 35.1 Å². The Morgan fingerprint density at radius 1 is 1.38 bits per heavy atom. The van der Waals surface area contributed by atoms with E-state index in [1.54, 1.807) is 29.2 Å². The number of para-hydroxylation sites is 1. The molecular weight excluding hydrogens is 362 g/mol. The minimum absolute atomic E-state index is 0.202. The Hall–Kier alpha value is -2.94. The number of aromatic carboxylic acids is 1. The molecule has 3 rings (SSSR count). The van der Waals surface area contributed by atoms with E-state index in [1.807, 2.05) is 0 Å². The third kappa shape index (κ3) is 3.38. The van der Waals surface area contributed by atoms with Gasteiger partial charge in [-0.3, -0.25) is 9.59 Å². The number of nitrogens with zero attached hydrogens (tertiary/aromatic N) is 5. The van der Waals surface area contributed by atoms with Gasteiger partial charge in [0.1, 0.15) is 12.6 Å². The number of hydrogen-bond acceptors (Lipinski definition) is 5. The van der Waals surface area contributed by atoms with Crippen LogP contribution in [0.1, 0.15) is 16.9 Å². The Morgan fingerprint density at radius 3 is 2.77 bits per heavy atom. The maximum atomic E-state index is 12.7. The van der Waals surface area contributed by atoms with Crippen molar-refractivity contribution in [1.29, 1.82) is 0 Å². The van der Waals surface area contributed by atoms with E-state index in [1.165, 1.54) is 18.1 Å². The Kier molecular flexibility index (Phi) is 4.90. The van der Waals surface area contributed by atoms with Crippen LogP contribution in [-0.2, 0) is 16.1 Å². The van der Waals surface area contributed by atoms with Gasteiger partial charge in [0, 0.05) is 13.6 Å².